The molecule has 0 aromatic heterocycles. The van der Waals surface area contributed by atoms with Gasteiger partial charge in [0, 0.05) is 17.9 Å². The lowest BCUT2D eigenvalue weighted by atomic mass is 10.2. The van der Waals surface area contributed by atoms with E-state index >= 15 is 0 Å². The van der Waals surface area contributed by atoms with Gasteiger partial charge in [-0.15, -0.1) is 0 Å². The summed E-state index contributed by atoms with van der Waals surface area (Å²) >= 11 is 1.63. The summed E-state index contributed by atoms with van der Waals surface area (Å²) in [6.07, 6.45) is 0. The van der Waals surface area contributed by atoms with Crippen LogP contribution >= 0.6 is 11.8 Å². The van der Waals surface area contributed by atoms with Crippen LogP contribution in [0.15, 0.2) is 59.6 Å². The standard InChI is InChI=1S/C18H18N2OS/c1-14-7-9-15(10-8-14)13-22-18-19-11-12-20(18)17(21)16-5-3-2-4-6-16/h2-10H,11-13H2,1H3. The van der Waals surface area contributed by atoms with Gasteiger partial charge in [-0.25, -0.2) is 0 Å². The lowest BCUT2D eigenvalue weighted by Gasteiger charge is -2.17. The highest BCUT2D eigenvalue weighted by molar-refractivity contribution is 8.13. The van der Waals surface area contributed by atoms with Gasteiger partial charge in [-0.1, -0.05) is 59.8 Å². The SMILES string of the molecule is Cc1ccc(CSC2=NCCN2C(=O)c2ccccc2)cc1. The van der Waals surface area contributed by atoms with Crippen molar-refractivity contribution in [3.8, 4) is 0 Å². The Morgan fingerprint density at radius 2 is 1.86 bits per heavy atom. The second kappa shape index (κ2) is 6.79. The molecule has 3 nitrogen and oxygen atoms in total. The number of thioether (sulfide) groups is 1. The Morgan fingerprint density at radius 3 is 2.59 bits per heavy atom. The molecule has 2 aromatic rings. The van der Waals surface area contributed by atoms with Crippen LogP contribution in [-0.4, -0.2) is 29.1 Å². The van der Waals surface area contributed by atoms with Crippen molar-refractivity contribution in [2.45, 2.75) is 12.7 Å². The summed E-state index contributed by atoms with van der Waals surface area (Å²) in [4.78, 5) is 18.8. The predicted octanol–water partition coefficient (Wildman–Crippen LogP) is 3.74. The molecule has 4 heteroatoms. The van der Waals surface area contributed by atoms with Gasteiger partial charge in [0.25, 0.3) is 5.91 Å². The molecule has 112 valence electrons. The first kappa shape index (κ1) is 14.9. The summed E-state index contributed by atoms with van der Waals surface area (Å²) in [5, 5.41) is 0.828. The number of carbonyl (C=O) groups excluding carboxylic acids is 1. The minimum absolute atomic E-state index is 0.0354. The Hall–Kier alpha value is -2.07. The van der Waals surface area contributed by atoms with Gasteiger partial charge in [0.1, 0.15) is 0 Å². The van der Waals surface area contributed by atoms with Gasteiger partial charge in [0.05, 0.1) is 6.54 Å². The van der Waals surface area contributed by atoms with Crippen LogP contribution in [0.1, 0.15) is 21.5 Å². The van der Waals surface area contributed by atoms with Crippen molar-refractivity contribution in [3.63, 3.8) is 0 Å². The number of amidine groups is 1. The molecule has 0 saturated carbocycles. The number of amides is 1. The van der Waals surface area contributed by atoms with Crippen LogP contribution in [0.2, 0.25) is 0 Å². The van der Waals surface area contributed by atoms with Gasteiger partial charge in [-0.05, 0) is 24.6 Å². The van der Waals surface area contributed by atoms with E-state index in [4.69, 9.17) is 0 Å². The molecule has 3 rings (SSSR count). The Kier molecular flexibility index (Phi) is 4.59. The second-order valence-corrected chi connectivity index (χ2v) is 6.20. The van der Waals surface area contributed by atoms with E-state index in [2.05, 4.69) is 36.2 Å². The zero-order valence-corrected chi connectivity index (χ0v) is 13.3. The number of aliphatic imine (C=N–C) groups is 1. The number of aryl methyl sites for hydroxylation is 1. The number of carbonyl (C=O) groups is 1. The molecular weight excluding hydrogens is 292 g/mol. The van der Waals surface area contributed by atoms with Gasteiger partial charge < -0.3 is 0 Å². The average molecular weight is 310 g/mol. The fraction of sp³-hybridized carbons (Fsp3) is 0.222. The summed E-state index contributed by atoms with van der Waals surface area (Å²) < 4.78 is 0. The van der Waals surface area contributed by atoms with Crippen LogP contribution in [0, 0.1) is 6.92 Å². The predicted molar refractivity (Wildman–Crippen MR) is 92.3 cm³/mol. The topological polar surface area (TPSA) is 32.7 Å². The van der Waals surface area contributed by atoms with Crippen LogP contribution in [-0.2, 0) is 5.75 Å². The Balaban J connectivity index is 1.66. The van der Waals surface area contributed by atoms with E-state index in [0.717, 1.165) is 10.9 Å². The third-order valence-corrected chi connectivity index (χ3v) is 4.64. The molecule has 0 spiro atoms. The normalized spacial score (nSPS) is 14.0. The summed E-state index contributed by atoms with van der Waals surface area (Å²) in [7, 11) is 0. The van der Waals surface area contributed by atoms with Crippen LogP contribution in [0.5, 0.6) is 0 Å². The highest BCUT2D eigenvalue weighted by Gasteiger charge is 2.24. The molecule has 0 fully saturated rings. The molecule has 1 aliphatic rings. The van der Waals surface area contributed by atoms with Crippen molar-refractivity contribution in [1.82, 2.24) is 4.90 Å². The van der Waals surface area contributed by atoms with Crippen LogP contribution in [0.4, 0.5) is 0 Å². The third kappa shape index (κ3) is 3.39. The molecule has 1 aliphatic heterocycles. The second-order valence-electron chi connectivity index (χ2n) is 5.26. The summed E-state index contributed by atoms with van der Waals surface area (Å²) in [5.74, 6) is 0.866. The van der Waals surface area contributed by atoms with Gasteiger partial charge in [0.15, 0.2) is 5.17 Å². The molecular formula is C18H18N2OS. The zero-order chi connectivity index (χ0) is 15.4. The number of nitrogens with zero attached hydrogens (tertiary/aromatic N) is 2. The minimum atomic E-state index is 0.0354. The first-order chi connectivity index (χ1) is 10.7. The van der Waals surface area contributed by atoms with Gasteiger partial charge in [0.2, 0.25) is 0 Å². The van der Waals surface area contributed by atoms with Crippen LogP contribution < -0.4 is 0 Å². The number of benzene rings is 2. The van der Waals surface area contributed by atoms with Crippen molar-refractivity contribution < 1.29 is 4.79 Å². The first-order valence-electron chi connectivity index (χ1n) is 7.34. The number of rotatable bonds is 3. The molecule has 0 unspecified atom stereocenters. The van der Waals surface area contributed by atoms with E-state index in [1.165, 1.54) is 11.1 Å². The molecule has 1 amide bonds. The molecule has 0 bridgehead atoms. The lowest BCUT2D eigenvalue weighted by molar-refractivity contribution is 0.0860. The Morgan fingerprint density at radius 1 is 1.14 bits per heavy atom. The van der Waals surface area contributed by atoms with Crippen LogP contribution in [0.3, 0.4) is 0 Å². The van der Waals surface area contributed by atoms with Crippen molar-refractivity contribution in [1.29, 1.82) is 0 Å². The Labute approximate surface area is 135 Å². The zero-order valence-electron chi connectivity index (χ0n) is 12.5. The maximum atomic E-state index is 12.5. The first-order valence-corrected chi connectivity index (χ1v) is 8.32. The summed E-state index contributed by atoms with van der Waals surface area (Å²) in [6.45, 7) is 3.44. The molecule has 1 heterocycles. The molecule has 0 aliphatic carbocycles. The van der Waals surface area contributed by atoms with Crippen molar-refractivity contribution in [2.24, 2.45) is 4.99 Å². The third-order valence-electron chi connectivity index (χ3n) is 3.56. The quantitative estimate of drug-likeness (QED) is 0.865. The molecule has 0 radical (unpaired) electrons. The smallest absolute Gasteiger partial charge is 0.259 e. The molecule has 2 aromatic carbocycles. The molecule has 0 atom stereocenters. The molecule has 0 saturated heterocycles. The summed E-state index contributed by atoms with van der Waals surface area (Å²) in [5.41, 5.74) is 3.22. The maximum Gasteiger partial charge on any atom is 0.259 e. The van der Waals surface area contributed by atoms with E-state index in [0.29, 0.717) is 18.7 Å². The van der Waals surface area contributed by atoms with Gasteiger partial charge in [-0.2, -0.15) is 0 Å². The minimum Gasteiger partial charge on any atom is -0.286 e. The van der Waals surface area contributed by atoms with E-state index in [1.54, 1.807) is 16.7 Å². The van der Waals surface area contributed by atoms with Crippen molar-refractivity contribution >= 4 is 22.8 Å². The Bertz CT molecular complexity index is 680. The fourth-order valence-electron chi connectivity index (χ4n) is 2.31. The fourth-order valence-corrected chi connectivity index (χ4v) is 3.31. The van der Waals surface area contributed by atoms with Gasteiger partial charge in [-0.3, -0.25) is 14.7 Å². The van der Waals surface area contributed by atoms with E-state index in [1.807, 2.05) is 30.3 Å². The molecule has 22 heavy (non-hydrogen) atoms. The monoisotopic (exact) mass is 310 g/mol. The van der Waals surface area contributed by atoms with Gasteiger partial charge >= 0.3 is 0 Å². The van der Waals surface area contributed by atoms with Crippen LogP contribution in [0.25, 0.3) is 0 Å². The number of hydrogen-bond donors (Lipinski definition) is 0. The van der Waals surface area contributed by atoms with Crippen molar-refractivity contribution in [2.75, 3.05) is 13.1 Å². The van der Waals surface area contributed by atoms with E-state index < -0.39 is 0 Å². The molecule has 0 N–H and O–H groups in total. The summed E-state index contributed by atoms with van der Waals surface area (Å²) in [6, 6.07) is 17.9. The van der Waals surface area contributed by atoms with Crippen molar-refractivity contribution in [3.05, 3.63) is 71.3 Å². The van der Waals surface area contributed by atoms with E-state index in [9.17, 15) is 4.79 Å². The average Bonchev–Trinajstić information content (AvgIpc) is 3.03. The largest absolute Gasteiger partial charge is 0.286 e. The maximum absolute atomic E-state index is 12.5. The highest BCUT2D eigenvalue weighted by atomic mass is 32.2. The number of hydrogen-bond acceptors (Lipinski definition) is 3. The highest BCUT2D eigenvalue weighted by Crippen LogP contribution is 2.21. The lowest BCUT2D eigenvalue weighted by Crippen LogP contribution is -2.32. The van der Waals surface area contributed by atoms with E-state index in [-0.39, 0.29) is 5.91 Å².